The van der Waals surface area contributed by atoms with Crippen LogP contribution in [0, 0.1) is 0 Å². The summed E-state index contributed by atoms with van der Waals surface area (Å²) in [6, 6.07) is 0. The number of nitrogen functional groups attached to an aromatic ring is 1. The Bertz CT molecular complexity index is 480. The van der Waals surface area contributed by atoms with Gasteiger partial charge in [0, 0.05) is 26.2 Å². The van der Waals surface area contributed by atoms with Gasteiger partial charge in [-0.1, -0.05) is 0 Å². The molecule has 0 aromatic carbocycles. The quantitative estimate of drug-likeness (QED) is 0.684. The summed E-state index contributed by atoms with van der Waals surface area (Å²) in [5.41, 5.74) is 6.23. The number of esters is 1. The average Bonchev–Trinajstić information content (AvgIpc) is 2.77. The molecule has 0 atom stereocenters. The monoisotopic (exact) mass is 283 g/mol. The number of piperazine rings is 1. The summed E-state index contributed by atoms with van der Waals surface area (Å²) in [6.45, 7) is 3.51. The molecule has 8 heteroatoms. The van der Waals surface area contributed by atoms with E-state index in [4.69, 9.17) is 15.6 Å². The number of hydrogen-bond acceptors (Lipinski definition) is 7. The molecule has 2 heterocycles. The number of rotatable bonds is 4. The van der Waals surface area contributed by atoms with Crippen molar-refractivity contribution in [1.29, 1.82) is 0 Å². The average molecular weight is 283 g/mol. The number of carbonyl (C=O) groups excluding carboxylic acids is 1. The first-order chi connectivity index (χ1) is 9.58. The highest BCUT2D eigenvalue weighted by molar-refractivity contribution is 5.99. The second kappa shape index (κ2) is 6.10. The summed E-state index contributed by atoms with van der Waals surface area (Å²) in [6.07, 6.45) is 0. The van der Waals surface area contributed by atoms with Crippen molar-refractivity contribution in [2.24, 2.45) is 0 Å². The summed E-state index contributed by atoms with van der Waals surface area (Å²) in [4.78, 5) is 16.2. The van der Waals surface area contributed by atoms with Gasteiger partial charge in [-0.25, -0.2) is 9.48 Å². The molecule has 1 aromatic heterocycles. The lowest BCUT2D eigenvalue weighted by Crippen LogP contribution is -2.45. The Hall–Kier alpha value is -1.80. The molecule has 1 aliphatic heterocycles. The van der Waals surface area contributed by atoms with Crippen molar-refractivity contribution < 1.29 is 14.6 Å². The number of aliphatic hydroxyl groups excluding tert-OH is 1. The molecule has 0 saturated carbocycles. The SMILES string of the molecule is COC(=O)c1c(N2CCN(C)CC2)nn(CCO)c1N. The van der Waals surface area contributed by atoms with Crippen LogP contribution in [0.3, 0.4) is 0 Å². The van der Waals surface area contributed by atoms with E-state index in [1.807, 2.05) is 4.90 Å². The Labute approximate surface area is 117 Å². The van der Waals surface area contributed by atoms with E-state index >= 15 is 0 Å². The number of likely N-dealkylation sites (N-methyl/N-ethyl adjacent to an activating group) is 1. The fraction of sp³-hybridized carbons (Fsp3) is 0.667. The Morgan fingerprint density at radius 2 is 2.05 bits per heavy atom. The second-order valence-electron chi connectivity index (χ2n) is 4.81. The van der Waals surface area contributed by atoms with Gasteiger partial charge in [0.2, 0.25) is 0 Å². The molecular formula is C12H21N5O3. The third-order valence-corrected chi connectivity index (χ3v) is 3.48. The van der Waals surface area contributed by atoms with Crippen LogP contribution in [0.5, 0.6) is 0 Å². The van der Waals surface area contributed by atoms with Crippen LogP contribution in [0.1, 0.15) is 10.4 Å². The highest BCUT2D eigenvalue weighted by atomic mass is 16.5. The van der Waals surface area contributed by atoms with Gasteiger partial charge in [0.05, 0.1) is 20.3 Å². The normalized spacial score (nSPS) is 16.4. The molecule has 112 valence electrons. The molecule has 2 rings (SSSR count). The molecule has 0 bridgehead atoms. The molecule has 0 unspecified atom stereocenters. The summed E-state index contributed by atoms with van der Waals surface area (Å²) < 4.78 is 6.23. The van der Waals surface area contributed by atoms with Crippen LogP contribution in [0.15, 0.2) is 0 Å². The summed E-state index contributed by atoms with van der Waals surface area (Å²) in [5, 5.41) is 13.4. The van der Waals surface area contributed by atoms with Crippen molar-refractivity contribution in [3.63, 3.8) is 0 Å². The molecule has 1 aromatic rings. The molecule has 0 radical (unpaired) electrons. The molecule has 1 fully saturated rings. The van der Waals surface area contributed by atoms with Crippen molar-refractivity contribution in [2.75, 3.05) is 57.6 Å². The Morgan fingerprint density at radius 1 is 1.40 bits per heavy atom. The van der Waals surface area contributed by atoms with Gasteiger partial charge in [0.1, 0.15) is 11.4 Å². The van der Waals surface area contributed by atoms with Crippen LogP contribution < -0.4 is 10.6 Å². The molecular weight excluding hydrogens is 262 g/mol. The molecule has 3 N–H and O–H groups in total. The zero-order valence-corrected chi connectivity index (χ0v) is 11.9. The number of carbonyl (C=O) groups is 1. The van der Waals surface area contributed by atoms with Crippen LogP contribution in [0.4, 0.5) is 11.6 Å². The van der Waals surface area contributed by atoms with E-state index in [1.54, 1.807) is 0 Å². The van der Waals surface area contributed by atoms with E-state index in [1.165, 1.54) is 11.8 Å². The molecule has 0 spiro atoms. The van der Waals surface area contributed by atoms with E-state index in [9.17, 15) is 4.79 Å². The maximum absolute atomic E-state index is 11.9. The first-order valence-electron chi connectivity index (χ1n) is 6.57. The molecule has 1 saturated heterocycles. The fourth-order valence-corrected chi connectivity index (χ4v) is 2.26. The number of nitrogens with two attached hydrogens (primary N) is 1. The molecule has 1 aliphatic rings. The minimum atomic E-state index is -0.499. The summed E-state index contributed by atoms with van der Waals surface area (Å²) >= 11 is 0. The maximum atomic E-state index is 11.9. The number of aromatic nitrogens is 2. The number of methoxy groups -OCH3 is 1. The third kappa shape index (κ3) is 2.70. The zero-order chi connectivity index (χ0) is 14.7. The Kier molecular flexibility index (Phi) is 4.46. The first-order valence-corrected chi connectivity index (χ1v) is 6.57. The smallest absolute Gasteiger partial charge is 0.345 e. The number of anilines is 2. The standard InChI is InChI=1S/C12H21N5O3/c1-15-3-5-16(6-4-15)11-9(12(19)20-2)10(13)17(14-11)7-8-18/h18H,3-8,13H2,1-2H3. The van der Waals surface area contributed by atoms with Crippen molar-refractivity contribution in [2.45, 2.75) is 6.54 Å². The molecule has 0 amide bonds. The van der Waals surface area contributed by atoms with Crippen LogP contribution >= 0.6 is 0 Å². The van der Waals surface area contributed by atoms with Gasteiger partial charge in [-0.15, -0.1) is 0 Å². The van der Waals surface area contributed by atoms with Crippen molar-refractivity contribution >= 4 is 17.6 Å². The Morgan fingerprint density at radius 3 is 2.60 bits per heavy atom. The van der Waals surface area contributed by atoms with Gasteiger partial charge in [-0.3, -0.25) is 0 Å². The summed E-state index contributed by atoms with van der Waals surface area (Å²) in [7, 11) is 3.37. The summed E-state index contributed by atoms with van der Waals surface area (Å²) in [5.74, 6) is 0.274. The number of hydrogen-bond donors (Lipinski definition) is 2. The predicted octanol–water partition coefficient (Wildman–Crippen LogP) is -1.00. The highest BCUT2D eigenvalue weighted by Gasteiger charge is 2.28. The van der Waals surface area contributed by atoms with E-state index in [2.05, 4.69) is 17.0 Å². The van der Waals surface area contributed by atoms with E-state index in [-0.39, 0.29) is 24.5 Å². The highest BCUT2D eigenvalue weighted by Crippen LogP contribution is 2.26. The number of aliphatic hydroxyl groups is 1. The van der Waals surface area contributed by atoms with Crippen molar-refractivity contribution in [1.82, 2.24) is 14.7 Å². The van der Waals surface area contributed by atoms with Gasteiger partial charge >= 0.3 is 5.97 Å². The first kappa shape index (κ1) is 14.6. The Balaban J connectivity index is 2.35. The zero-order valence-electron chi connectivity index (χ0n) is 11.9. The van der Waals surface area contributed by atoms with Gasteiger partial charge in [0.25, 0.3) is 0 Å². The topological polar surface area (TPSA) is 96.8 Å². The van der Waals surface area contributed by atoms with Crippen molar-refractivity contribution in [3.8, 4) is 0 Å². The van der Waals surface area contributed by atoms with Crippen LogP contribution in [-0.2, 0) is 11.3 Å². The maximum Gasteiger partial charge on any atom is 0.345 e. The van der Waals surface area contributed by atoms with Gasteiger partial charge in [0.15, 0.2) is 5.82 Å². The number of nitrogens with zero attached hydrogens (tertiary/aromatic N) is 4. The number of ether oxygens (including phenoxy) is 1. The molecule has 0 aliphatic carbocycles. The van der Waals surface area contributed by atoms with E-state index < -0.39 is 5.97 Å². The molecule has 8 nitrogen and oxygen atoms in total. The lowest BCUT2D eigenvalue weighted by Gasteiger charge is -2.32. The largest absolute Gasteiger partial charge is 0.465 e. The minimum absolute atomic E-state index is 0.0886. The minimum Gasteiger partial charge on any atom is -0.465 e. The van der Waals surface area contributed by atoms with Gasteiger partial charge < -0.3 is 25.4 Å². The lowest BCUT2D eigenvalue weighted by atomic mass is 10.2. The van der Waals surface area contributed by atoms with Crippen LogP contribution in [-0.4, -0.2) is 72.7 Å². The second-order valence-corrected chi connectivity index (χ2v) is 4.81. The van der Waals surface area contributed by atoms with Crippen LogP contribution in [0.25, 0.3) is 0 Å². The van der Waals surface area contributed by atoms with Crippen LogP contribution in [0.2, 0.25) is 0 Å². The molecule has 20 heavy (non-hydrogen) atoms. The fourth-order valence-electron chi connectivity index (χ4n) is 2.26. The van der Waals surface area contributed by atoms with Crippen molar-refractivity contribution in [3.05, 3.63) is 5.56 Å². The predicted molar refractivity (Wildman–Crippen MR) is 74.8 cm³/mol. The lowest BCUT2D eigenvalue weighted by molar-refractivity contribution is 0.0602. The van der Waals surface area contributed by atoms with Gasteiger partial charge in [-0.2, -0.15) is 5.10 Å². The van der Waals surface area contributed by atoms with E-state index in [0.717, 1.165) is 26.2 Å². The van der Waals surface area contributed by atoms with Gasteiger partial charge in [-0.05, 0) is 7.05 Å². The van der Waals surface area contributed by atoms with E-state index in [0.29, 0.717) is 5.82 Å². The third-order valence-electron chi connectivity index (χ3n) is 3.48.